The zero-order valence-electron chi connectivity index (χ0n) is 20.5. The molecule has 190 valence electrons. The summed E-state index contributed by atoms with van der Waals surface area (Å²) in [6.07, 6.45) is 7.84. The quantitative estimate of drug-likeness (QED) is 0.103. The molecule has 0 unspecified atom stereocenters. The second-order valence-corrected chi connectivity index (χ2v) is 8.71. The molecule has 0 aromatic carbocycles. The van der Waals surface area contributed by atoms with Gasteiger partial charge in [0, 0.05) is 25.5 Å². The number of carbonyl (C=O) groups is 3. The third-order valence-electron chi connectivity index (χ3n) is 5.03. The molecule has 3 amide bonds. The zero-order chi connectivity index (χ0) is 26.2. The minimum absolute atomic E-state index is 0.0144. The fourth-order valence-corrected chi connectivity index (χ4v) is 3.12. The number of hydrogen-bond donors (Lipinski definition) is 5. The summed E-state index contributed by atoms with van der Waals surface area (Å²) in [5.41, 5.74) is 0.153. The number of nitrogens with zero attached hydrogens (tertiary/aromatic N) is 3. The number of rotatable bonds is 15. The molecule has 12 heteroatoms. The first kappa shape index (κ1) is 29.7. The Morgan fingerprint density at radius 2 is 1.89 bits per heavy atom. The van der Waals surface area contributed by atoms with E-state index in [9.17, 15) is 14.4 Å². The molecule has 11 nitrogen and oxygen atoms in total. The minimum atomic E-state index is -1.39. The Kier molecular flexibility index (Phi) is 13.9. The first-order valence-corrected chi connectivity index (χ1v) is 11.7. The lowest BCUT2D eigenvalue weighted by Crippen LogP contribution is -2.47. The summed E-state index contributed by atoms with van der Waals surface area (Å²) in [6, 6.07) is 1.06. The Hall–Kier alpha value is -3.30. The van der Waals surface area contributed by atoms with Crippen molar-refractivity contribution in [3.8, 4) is 6.07 Å². The third-order valence-corrected chi connectivity index (χ3v) is 5.03. The van der Waals surface area contributed by atoms with Crippen molar-refractivity contribution in [3.05, 3.63) is 35.9 Å². The van der Waals surface area contributed by atoms with Crippen LogP contribution >= 0.6 is 0 Å². The van der Waals surface area contributed by atoms with Gasteiger partial charge in [0.05, 0.1) is 6.20 Å². The number of unbranched alkanes of at least 4 members (excludes halogenated alkanes) is 1. The van der Waals surface area contributed by atoms with Gasteiger partial charge in [-0.3, -0.25) is 19.4 Å². The van der Waals surface area contributed by atoms with Crippen molar-refractivity contribution in [3.63, 3.8) is 0 Å². The standard InChI is InChI=1S/C23H35BN6O5/c1-16(2)12-18(13-25)21(31)28-9-5-4-6-19(30-23(33)20-15-26-10-11-27-20)22(32)29-14-17(3)7-8-24(34)35/h10-12,15-17,19,34-35H,4-9,14H2,1-3H3,(H,28,31)(H,29,32)(H,30,33)/t17-,19+/m1/s1. The first-order valence-electron chi connectivity index (χ1n) is 11.7. The predicted octanol–water partition coefficient (Wildman–Crippen LogP) is 0.583. The van der Waals surface area contributed by atoms with E-state index in [1.807, 2.05) is 26.8 Å². The van der Waals surface area contributed by atoms with Crippen molar-refractivity contribution < 1.29 is 24.4 Å². The molecule has 1 rings (SSSR count). The van der Waals surface area contributed by atoms with E-state index >= 15 is 0 Å². The van der Waals surface area contributed by atoms with Crippen molar-refractivity contribution in [2.45, 2.75) is 58.8 Å². The van der Waals surface area contributed by atoms with Crippen LogP contribution < -0.4 is 16.0 Å². The van der Waals surface area contributed by atoms with Crippen molar-refractivity contribution in [1.29, 1.82) is 5.26 Å². The highest BCUT2D eigenvalue weighted by Gasteiger charge is 2.22. The van der Waals surface area contributed by atoms with E-state index in [2.05, 4.69) is 25.9 Å². The molecule has 0 fully saturated rings. The number of aromatic nitrogens is 2. The highest BCUT2D eigenvalue weighted by atomic mass is 16.4. The molecule has 0 radical (unpaired) electrons. The van der Waals surface area contributed by atoms with Crippen LogP contribution in [-0.4, -0.2) is 64.0 Å². The van der Waals surface area contributed by atoms with E-state index in [4.69, 9.17) is 15.3 Å². The molecule has 0 bridgehead atoms. The van der Waals surface area contributed by atoms with E-state index in [-0.39, 0.29) is 35.3 Å². The van der Waals surface area contributed by atoms with Crippen LogP contribution in [0.25, 0.3) is 0 Å². The number of carbonyl (C=O) groups excluding carboxylic acids is 3. The SMILES string of the molecule is CC(C)C=C(C#N)C(=O)NCCCC[C@H](NC(=O)c1cnccn1)C(=O)NC[C@H](C)CCB(O)O. The Labute approximate surface area is 206 Å². The highest BCUT2D eigenvalue weighted by molar-refractivity contribution is 6.40. The Morgan fingerprint density at radius 1 is 1.14 bits per heavy atom. The van der Waals surface area contributed by atoms with Crippen LogP contribution in [0.15, 0.2) is 30.2 Å². The van der Waals surface area contributed by atoms with Gasteiger partial charge in [-0.05, 0) is 37.4 Å². The average Bonchev–Trinajstić information content (AvgIpc) is 2.83. The summed E-state index contributed by atoms with van der Waals surface area (Å²) in [7, 11) is -1.39. The lowest BCUT2D eigenvalue weighted by atomic mass is 9.81. The van der Waals surface area contributed by atoms with Crippen LogP contribution in [0, 0.1) is 23.2 Å². The average molecular weight is 486 g/mol. The summed E-state index contributed by atoms with van der Waals surface area (Å²) in [5, 5.41) is 35.3. The maximum Gasteiger partial charge on any atom is 0.451 e. The van der Waals surface area contributed by atoms with Gasteiger partial charge in [-0.15, -0.1) is 0 Å². The van der Waals surface area contributed by atoms with Gasteiger partial charge < -0.3 is 26.0 Å². The molecule has 0 aliphatic carbocycles. The lowest BCUT2D eigenvalue weighted by molar-refractivity contribution is -0.123. The second-order valence-electron chi connectivity index (χ2n) is 8.71. The maximum absolute atomic E-state index is 12.8. The van der Waals surface area contributed by atoms with Crippen molar-refractivity contribution in [2.24, 2.45) is 11.8 Å². The largest absolute Gasteiger partial charge is 0.451 e. The number of hydrogen-bond acceptors (Lipinski definition) is 8. The van der Waals surface area contributed by atoms with Crippen LogP contribution in [0.5, 0.6) is 0 Å². The summed E-state index contributed by atoms with van der Waals surface area (Å²) in [6.45, 7) is 6.27. The van der Waals surface area contributed by atoms with Crippen LogP contribution in [0.2, 0.25) is 6.32 Å². The van der Waals surface area contributed by atoms with Gasteiger partial charge in [-0.25, -0.2) is 4.98 Å². The van der Waals surface area contributed by atoms with Crippen LogP contribution in [0.4, 0.5) is 0 Å². The van der Waals surface area contributed by atoms with Gasteiger partial charge in [0.2, 0.25) is 5.91 Å². The lowest BCUT2D eigenvalue weighted by Gasteiger charge is -2.20. The van der Waals surface area contributed by atoms with Gasteiger partial charge in [0.1, 0.15) is 23.4 Å². The van der Waals surface area contributed by atoms with Crippen molar-refractivity contribution in [1.82, 2.24) is 25.9 Å². The minimum Gasteiger partial charge on any atom is -0.427 e. The molecule has 1 aromatic heterocycles. The molecule has 1 aromatic rings. The zero-order valence-corrected chi connectivity index (χ0v) is 20.5. The van der Waals surface area contributed by atoms with Crippen LogP contribution in [0.1, 0.15) is 56.9 Å². The molecule has 0 aliphatic heterocycles. The summed E-state index contributed by atoms with van der Waals surface area (Å²) < 4.78 is 0. The molecule has 35 heavy (non-hydrogen) atoms. The van der Waals surface area contributed by atoms with Crippen LogP contribution in [0.3, 0.4) is 0 Å². The third kappa shape index (κ3) is 12.7. The molecule has 5 N–H and O–H groups in total. The summed E-state index contributed by atoms with van der Waals surface area (Å²) in [5.74, 6) is -1.24. The van der Waals surface area contributed by atoms with E-state index in [1.165, 1.54) is 18.6 Å². The molecule has 0 spiro atoms. The predicted molar refractivity (Wildman–Crippen MR) is 130 cm³/mol. The molecule has 0 saturated carbocycles. The van der Waals surface area contributed by atoms with E-state index in [0.717, 1.165) is 0 Å². The number of nitriles is 1. The highest BCUT2D eigenvalue weighted by Crippen LogP contribution is 2.08. The summed E-state index contributed by atoms with van der Waals surface area (Å²) >= 11 is 0. The van der Waals surface area contributed by atoms with Gasteiger partial charge >= 0.3 is 7.12 Å². The number of allylic oxidation sites excluding steroid dienone is 1. The monoisotopic (exact) mass is 486 g/mol. The van der Waals surface area contributed by atoms with Gasteiger partial charge in [-0.1, -0.05) is 33.3 Å². The van der Waals surface area contributed by atoms with Crippen LogP contribution in [-0.2, 0) is 9.59 Å². The topological polar surface area (TPSA) is 177 Å². The summed E-state index contributed by atoms with van der Waals surface area (Å²) in [4.78, 5) is 45.2. The fourth-order valence-electron chi connectivity index (χ4n) is 3.12. The number of nitrogens with one attached hydrogen (secondary N) is 3. The Morgan fingerprint density at radius 3 is 2.49 bits per heavy atom. The smallest absolute Gasteiger partial charge is 0.427 e. The Balaban J connectivity index is 2.64. The van der Waals surface area contributed by atoms with E-state index < -0.39 is 25.0 Å². The fraction of sp³-hybridized carbons (Fsp3) is 0.565. The second kappa shape index (κ2) is 16.4. The van der Waals surface area contributed by atoms with Crippen molar-refractivity contribution in [2.75, 3.05) is 13.1 Å². The van der Waals surface area contributed by atoms with E-state index in [0.29, 0.717) is 38.8 Å². The normalized spacial score (nSPS) is 12.9. The van der Waals surface area contributed by atoms with E-state index in [1.54, 1.807) is 6.08 Å². The molecular weight excluding hydrogens is 451 g/mol. The molecule has 0 saturated heterocycles. The molecule has 0 aliphatic rings. The van der Waals surface area contributed by atoms with Gasteiger partial charge in [0.15, 0.2) is 0 Å². The Bertz CT molecular complexity index is 888. The molecule has 2 atom stereocenters. The first-order chi connectivity index (χ1) is 16.6. The van der Waals surface area contributed by atoms with Gasteiger partial charge in [0.25, 0.3) is 11.8 Å². The maximum atomic E-state index is 12.8. The van der Waals surface area contributed by atoms with Crippen molar-refractivity contribution >= 4 is 24.8 Å². The molecule has 1 heterocycles. The number of amides is 3. The molecular formula is C23H35BN6O5. The van der Waals surface area contributed by atoms with Gasteiger partial charge in [-0.2, -0.15) is 5.26 Å².